The zero-order valence-electron chi connectivity index (χ0n) is 12.0. The number of nitrogens with zero attached hydrogens (tertiary/aromatic N) is 1. The number of halogens is 5. The Morgan fingerprint density at radius 3 is 1.88 bits per heavy atom. The molecule has 0 aromatic heterocycles. The molecule has 0 aliphatic carbocycles. The Morgan fingerprint density at radius 2 is 1.42 bits per heavy atom. The van der Waals surface area contributed by atoms with Gasteiger partial charge in [-0.2, -0.15) is 0 Å². The molecule has 0 atom stereocenters. The molecule has 2 aromatic rings. The summed E-state index contributed by atoms with van der Waals surface area (Å²) in [7, 11) is 0. The standard InChI is InChI=1S/C14H4F5NO6/c15-8-7(9(16)11(18)12(19)10(8)17)14(23)26-4-1-2-6(20(24)25)5(3-4)13(21)22/h1-3H,(H,21,22)/p-1. The second-order valence-electron chi connectivity index (χ2n) is 4.56. The van der Waals surface area contributed by atoms with E-state index in [2.05, 4.69) is 4.74 Å². The van der Waals surface area contributed by atoms with Crippen LogP contribution < -0.4 is 9.84 Å². The Kier molecular flexibility index (Phi) is 4.86. The Balaban J connectivity index is 2.48. The summed E-state index contributed by atoms with van der Waals surface area (Å²) in [6.07, 6.45) is 0. The fourth-order valence-electron chi connectivity index (χ4n) is 1.84. The average molecular weight is 376 g/mol. The second-order valence-corrected chi connectivity index (χ2v) is 4.56. The van der Waals surface area contributed by atoms with Gasteiger partial charge in [-0.3, -0.25) is 10.1 Å². The summed E-state index contributed by atoms with van der Waals surface area (Å²) in [6, 6.07) is 1.66. The second kappa shape index (κ2) is 6.74. The number of benzene rings is 2. The maximum absolute atomic E-state index is 13.5. The van der Waals surface area contributed by atoms with E-state index in [0.717, 1.165) is 0 Å². The van der Waals surface area contributed by atoms with Gasteiger partial charge in [0.1, 0.15) is 11.3 Å². The first-order valence-corrected chi connectivity index (χ1v) is 6.29. The van der Waals surface area contributed by atoms with Gasteiger partial charge in [0.05, 0.1) is 16.5 Å². The van der Waals surface area contributed by atoms with Crippen molar-refractivity contribution in [2.75, 3.05) is 0 Å². The molecule has 136 valence electrons. The maximum atomic E-state index is 13.5. The van der Waals surface area contributed by atoms with Gasteiger partial charge in [-0.05, 0) is 12.1 Å². The fourth-order valence-corrected chi connectivity index (χ4v) is 1.84. The van der Waals surface area contributed by atoms with Crippen LogP contribution >= 0.6 is 0 Å². The van der Waals surface area contributed by atoms with Gasteiger partial charge in [0.15, 0.2) is 23.3 Å². The van der Waals surface area contributed by atoms with Gasteiger partial charge in [0.25, 0.3) is 5.69 Å². The molecule has 12 heteroatoms. The van der Waals surface area contributed by atoms with Crippen LogP contribution in [-0.4, -0.2) is 16.9 Å². The monoisotopic (exact) mass is 376 g/mol. The minimum atomic E-state index is -2.49. The Labute approximate surface area is 139 Å². The van der Waals surface area contributed by atoms with Crippen LogP contribution in [0.3, 0.4) is 0 Å². The summed E-state index contributed by atoms with van der Waals surface area (Å²) in [6.45, 7) is 0. The Hall–Kier alpha value is -3.57. The number of carboxylic acid groups (broad SMARTS) is 1. The number of hydrogen-bond donors (Lipinski definition) is 0. The van der Waals surface area contributed by atoms with E-state index in [9.17, 15) is 46.8 Å². The van der Waals surface area contributed by atoms with Crippen molar-refractivity contribution in [1.29, 1.82) is 0 Å². The van der Waals surface area contributed by atoms with Crippen molar-refractivity contribution in [3.8, 4) is 5.75 Å². The minimum absolute atomic E-state index is 0.414. The maximum Gasteiger partial charge on any atom is 0.349 e. The highest BCUT2D eigenvalue weighted by atomic mass is 19.2. The molecule has 0 fully saturated rings. The quantitative estimate of drug-likeness (QED) is 0.153. The molecule has 0 aliphatic rings. The van der Waals surface area contributed by atoms with Crippen LogP contribution in [0.1, 0.15) is 20.7 Å². The van der Waals surface area contributed by atoms with E-state index < -0.39 is 68.5 Å². The summed E-state index contributed by atoms with van der Waals surface area (Å²) in [5.41, 5.74) is -3.91. The SMILES string of the molecule is O=C([O-])c1cc(OC(=O)c2c(F)c(F)c(F)c(F)c2F)ccc1[N+](=O)[O-]. The largest absolute Gasteiger partial charge is 0.545 e. The topological polar surface area (TPSA) is 110 Å². The first-order valence-electron chi connectivity index (χ1n) is 6.29. The smallest absolute Gasteiger partial charge is 0.349 e. The van der Waals surface area contributed by atoms with Crippen LogP contribution in [0.25, 0.3) is 0 Å². The number of nitro benzene ring substituents is 1. The van der Waals surface area contributed by atoms with Crippen LogP contribution in [0.4, 0.5) is 27.6 Å². The van der Waals surface area contributed by atoms with E-state index in [1.807, 2.05) is 0 Å². The normalized spacial score (nSPS) is 10.5. The summed E-state index contributed by atoms with van der Waals surface area (Å²) in [5, 5.41) is 21.5. The third-order valence-electron chi connectivity index (χ3n) is 3.01. The summed E-state index contributed by atoms with van der Waals surface area (Å²) in [5.74, 6) is -17.1. The molecule has 0 heterocycles. The third-order valence-corrected chi connectivity index (χ3v) is 3.01. The molecule has 0 bridgehead atoms. The molecule has 26 heavy (non-hydrogen) atoms. The molecule has 7 nitrogen and oxygen atoms in total. The van der Waals surface area contributed by atoms with Crippen molar-refractivity contribution in [3.05, 3.63) is 68.5 Å². The number of ether oxygens (including phenoxy) is 1. The van der Waals surface area contributed by atoms with E-state index >= 15 is 0 Å². The molecule has 0 radical (unpaired) electrons. The van der Waals surface area contributed by atoms with Crippen molar-refractivity contribution in [2.45, 2.75) is 0 Å². The summed E-state index contributed by atoms with van der Waals surface area (Å²) < 4.78 is 70.5. The highest BCUT2D eigenvalue weighted by molar-refractivity contribution is 5.94. The van der Waals surface area contributed by atoms with Crippen molar-refractivity contribution < 1.29 is 46.3 Å². The van der Waals surface area contributed by atoms with Gasteiger partial charge >= 0.3 is 5.97 Å². The Morgan fingerprint density at radius 1 is 0.923 bits per heavy atom. The number of carboxylic acids is 1. The molecule has 2 rings (SSSR count). The number of carbonyl (C=O) groups is 2. The van der Waals surface area contributed by atoms with Crippen molar-refractivity contribution in [2.24, 2.45) is 0 Å². The van der Waals surface area contributed by atoms with Crippen LogP contribution in [0, 0.1) is 39.2 Å². The lowest BCUT2D eigenvalue weighted by Crippen LogP contribution is -2.23. The number of nitro groups is 1. The molecule has 0 saturated heterocycles. The van der Waals surface area contributed by atoms with Crippen LogP contribution in [-0.2, 0) is 0 Å². The first kappa shape index (κ1) is 18.8. The minimum Gasteiger partial charge on any atom is -0.545 e. The van der Waals surface area contributed by atoms with Crippen molar-refractivity contribution in [1.82, 2.24) is 0 Å². The predicted molar refractivity (Wildman–Crippen MR) is 68.6 cm³/mol. The molecule has 0 N–H and O–H groups in total. The molecular formula is C14H3F5NO6-. The zero-order valence-corrected chi connectivity index (χ0v) is 12.0. The lowest BCUT2D eigenvalue weighted by molar-refractivity contribution is -0.385. The van der Waals surface area contributed by atoms with E-state index in [4.69, 9.17) is 0 Å². The van der Waals surface area contributed by atoms with Gasteiger partial charge in [-0.1, -0.05) is 0 Å². The van der Waals surface area contributed by atoms with Gasteiger partial charge in [-0.25, -0.2) is 26.7 Å². The van der Waals surface area contributed by atoms with Gasteiger partial charge in [0.2, 0.25) is 5.82 Å². The number of aromatic carboxylic acids is 1. The van der Waals surface area contributed by atoms with E-state index in [1.165, 1.54) is 0 Å². The molecule has 0 saturated carbocycles. The lowest BCUT2D eigenvalue weighted by Gasteiger charge is -2.10. The van der Waals surface area contributed by atoms with Gasteiger partial charge < -0.3 is 14.6 Å². The van der Waals surface area contributed by atoms with Crippen LogP contribution in [0.15, 0.2) is 18.2 Å². The zero-order chi connectivity index (χ0) is 19.8. The van der Waals surface area contributed by atoms with Gasteiger partial charge in [-0.15, -0.1) is 0 Å². The first-order chi connectivity index (χ1) is 12.1. The van der Waals surface area contributed by atoms with E-state index in [-0.39, 0.29) is 0 Å². The van der Waals surface area contributed by atoms with Crippen LogP contribution in [0.2, 0.25) is 0 Å². The van der Waals surface area contributed by atoms with Gasteiger partial charge in [0, 0.05) is 6.07 Å². The average Bonchev–Trinajstić information content (AvgIpc) is 2.58. The number of rotatable bonds is 4. The molecule has 0 unspecified atom stereocenters. The molecule has 0 aliphatic heterocycles. The highest BCUT2D eigenvalue weighted by Gasteiger charge is 2.31. The molecule has 0 amide bonds. The summed E-state index contributed by atoms with van der Waals surface area (Å²) in [4.78, 5) is 32.1. The lowest BCUT2D eigenvalue weighted by atomic mass is 10.1. The molecule has 2 aromatic carbocycles. The highest BCUT2D eigenvalue weighted by Crippen LogP contribution is 2.27. The number of hydrogen-bond acceptors (Lipinski definition) is 6. The predicted octanol–water partition coefficient (Wildman–Crippen LogP) is 1.87. The molecular weight excluding hydrogens is 373 g/mol. The third kappa shape index (κ3) is 3.16. The summed E-state index contributed by atoms with van der Waals surface area (Å²) >= 11 is 0. The van der Waals surface area contributed by atoms with Crippen molar-refractivity contribution >= 4 is 17.6 Å². The van der Waals surface area contributed by atoms with E-state index in [0.29, 0.717) is 18.2 Å². The Bertz CT molecular complexity index is 932. The van der Waals surface area contributed by atoms with Crippen LogP contribution in [0.5, 0.6) is 5.75 Å². The van der Waals surface area contributed by atoms with E-state index in [1.54, 1.807) is 0 Å². The number of carbonyl (C=O) groups excluding carboxylic acids is 2. The fraction of sp³-hybridized carbons (Fsp3) is 0. The van der Waals surface area contributed by atoms with Crippen molar-refractivity contribution in [3.63, 3.8) is 0 Å². The number of esters is 1. The molecule has 0 spiro atoms.